The number of carbonyl (C=O) groups is 1. The third-order valence-electron chi connectivity index (χ3n) is 2.45. The minimum Gasteiger partial charge on any atom is -0.478 e. The molecule has 0 aliphatic heterocycles. The first-order chi connectivity index (χ1) is 9.06. The summed E-state index contributed by atoms with van der Waals surface area (Å²) in [7, 11) is 0. The van der Waals surface area contributed by atoms with Crippen LogP contribution in [0.5, 0.6) is 0 Å². The summed E-state index contributed by atoms with van der Waals surface area (Å²) in [5.41, 5.74) is 0.992. The predicted octanol–water partition coefficient (Wildman–Crippen LogP) is 3.70. The topological polar surface area (TPSA) is 62.2 Å². The number of anilines is 1. The molecule has 1 heterocycles. The van der Waals surface area contributed by atoms with Crippen LogP contribution in [0, 0.1) is 0 Å². The summed E-state index contributed by atoms with van der Waals surface area (Å²) in [6.07, 6.45) is 1.31. The van der Waals surface area contributed by atoms with E-state index in [4.69, 9.17) is 28.3 Å². The van der Waals surface area contributed by atoms with E-state index < -0.39 is 5.97 Å². The molecule has 2 aromatic rings. The number of nitrogens with one attached hydrogen (secondary N) is 1. The Morgan fingerprint density at radius 1 is 1.32 bits per heavy atom. The molecule has 19 heavy (non-hydrogen) atoms. The molecule has 4 nitrogen and oxygen atoms in total. The number of carboxylic acid groups (broad SMARTS) is 1. The average Bonchev–Trinajstić information content (AvgIpc) is 2.37. The highest BCUT2D eigenvalue weighted by Gasteiger charge is 2.10. The van der Waals surface area contributed by atoms with Crippen molar-refractivity contribution in [2.75, 3.05) is 5.32 Å². The Morgan fingerprint density at radius 2 is 2.11 bits per heavy atom. The summed E-state index contributed by atoms with van der Waals surface area (Å²) in [5, 5.41) is 12.7. The van der Waals surface area contributed by atoms with Gasteiger partial charge in [0.15, 0.2) is 0 Å². The van der Waals surface area contributed by atoms with Crippen LogP contribution in [0.3, 0.4) is 0 Å². The average molecular weight is 297 g/mol. The van der Waals surface area contributed by atoms with Gasteiger partial charge in [-0.25, -0.2) is 9.78 Å². The zero-order valence-electron chi connectivity index (χ0n) is 9.73. The molecule has 0 saturated carbocycles. The third-order valence-corrected chi connectivity index (χ3v) is 2.98. The zero-order chi connectivity index (χ0) is 13.8. The molecule has 0 amide bonds. The lowest BCUT2D eigenvalue weighted by Crippen LogP contribution is -2.04. The van der Waals surface area contributed by atoms with E-state index >= 15 is 0 Å². The van der Waals surface area contributed by atoms with Crippen molar-refractivity contribution in [3.63, 3.8) is 0 Å². The molecule has 6 heteroatoms. The Labute approximate surface area is 120 Å². The van der Waals surface area contributed by atoms with Gasteiger partial charge in [-0.3, -0.25) is 0 Å². The Morgan fingerprint density at radius 3 is 2.79 bits per heavy atom. The van der Waals surface area contributed by atoms with Crippen LogP contribution in [0.4, 0.5) is 5.82 Å². The number of aromatic nitrogens is 1. The molecule has 0 spiro atoms. The fraction of sp³-hybridized carbons (Fsp3) is 0.0769. The van der Waals surface area contributed by atoms with E-state index in [0.717, 1.165) is 5.56 Å². The van der Waals surface area contributed by atoms with Gasteiger partial charge in [-0.1, -0.05) is 35.3 Å². The second-order valence-corrected chi connectivity index (χ2v) is 4.68. The number of hydrogen-bond acceptors (Lipinski definition) is 3. The normalized spacial score (nSPS) is 10.2. The SMILES string of the molecule is O=C(O)c1cc(NCc2cccc(Cl)c2)ncc1Cl. The van der Waals surface area contributed by atoms with Gasteiger partial charge in [0.1, 0.15) is 5.82 Å². The van der Waals surface area contributed by atoms with Gasteiger partial charge in [0.25, 0.3) is 0 Å². The van der Waals surface area contributed by atoms with Crippen LogP contribution < -0.4 is 5.32 Å². The molecule has 0 unspecified atom stereocenters. The minimum atomic E-state index is -1.08. The highest BCUT2D eigenvalue weighted by atomic mass is 35.5. The van der Waals surface area contributed by atoms with Crippen molar-refractivity contribution in [3.05, 3.63) is 57.7 Å². The summed E-state index contributed by atoms with van der Waals surface area (Å²) >= 11 is 11.6. The van der Waals surface area contributed by atoms with Crippen molar-refractivity contribution >= 4 is 35.0 Å². The van der Waals surface area contributed by atoms with Crippen molar-refractivity contribution in [3.8, 4) is 0 Å². The second kappa shape index (κ2) is 5.91. The lowest BCUT2D eigenvalue weighted by molar-refractivity contribution is 0.0697. The number of benzene rings is 1. The maximum absolute atomic E-state index is 10.9. The fourth-order valence-electron chi connectivity index (χ4n) is 1.54. The summed E-state index contributed by atoms with van der Waals surface area (Å²) in [4.78, 5) is 15.0. The van der Waals surface area contributed by atoms with Crippen molar-refractivity contribution in [1.29, 1.82) is 0 Å². The molecule has 0 fully saturated rings. The van der Waals surface area contributed by atoms with Gasteiger partial charge >= 0.3 is 5.97 Å². The standard InChI is InChI=1S/C13H10Cl2N2O2/c14-9-3-1-2-8(4-9)6-16-12-5-10(13(18)19)11(15)7-17-12/h1-5,7H,6H2,(H,16,17)(H,18,19). The number of carboxylic acids is 1. The lowest BCUT2D eigenvalue weighted by Gasteiger charge is -2.07. The highest BCUT2D eigenvalue weighted by molar-refractivity contribution is 6.33. The van der Waals surface area contributed by atoms with Crippen LogP contribution in [-0.2, 0) is 6.54 Å². The molecule has 0 atom stereocenters. The fourth-order valence-corrected chi connectivity index (χ4v) is 1.94. The minimum absolute atomic E-state index is 0.0188. The first kappa shape index (κ1) is 13.6. The van der Waals surface area contributed by atoms with E-state index in [1.54, 1.807) is 6.07 Å². The van der Waals surface area contributed by atoms with E-state index in [0.29, 0.717) is 17.4 Å². The van der Waals surface area contributed by atoms with Crippen LogP contribution in [0.25, 0.3) is 0 Å². The first-order valence-electron chi connectivity index (χ1n) is 5.43. The number of pyridine rings is 1. The van der Waals surface area contributed by atoms with Crippen LogP contribution in [0.2, 0.25) is 10.0 Å². The van der Waals surface area contributed by atoms with Gasteiger partial charge in [0.05, 0.1) is 10.6 Å². The summed E-state index contributed by atoms with van der Waals surface area (Å²) in [6, 6.07) is 8.76. The van der Waals surface area contributed by atoms with Gasteiger partial charge in [-0.15, -0.1) is 0 Å². The molecule has 0 radical (unpaired) electrons. The molecule has 98 valence electrons. The van der Waals surface area contributed by atoms with E-state index in [9.17, 15) is 4.79 Å². The third kappa shape index (κ3) is 3.59. The smallest absolute Gasteiger partial charge is 0.337 e. The molecule has 0 aliphatic rings. The summed E-state index contributed by atoms with van der Waals surface area (Å²) < 4.78 is 0. The molecule has 1 aromatic heterocycles. The number of halogens is 2. The molecule has 0 aliphatic carbocycles. The summed E-state index contributed by atoms with van der Waals surface area (Å²) in [6.45, 7) is 0.494. The van der Waals surface area contributed by atoms with Crippen LogP contribution in [-0.4, -0.2) is 16.1 Å². The van der Waals surface area contributed by atoms with Crippen molar-refractivity contribution in [2.45, 2.75) is 6.54 Å². The van der Waals surface area contributed by atoms with Crippen molar-refractivity contribution < 1.29 is 9.90 Å². The monoisotopic (exact) mass is 296 g/mol. The van der Waals surface area contributed by atoms with Crippen molar-refractivity contribution in [2.24, 2.45) is 0 Å². The predicted molar refractivity (Wildman–Crippen MR) is 75.0 cm³/mol. The maximum atomic E-state index is 10.9. The Bertz CT molecular complexity index is 617. The second-order valence-electron chi connectivity index (χ2n) is 3.84. The number of rotatable bonds is 4. The number of hydrogen-bond donors (Lipinski definition) is 2. The molecule has 0 bridgehead atoms. The molecular formula is C13H10Cl2N2O2. The molecule has 2 N–H and O–H groups in total. The first-order valence-corrected chi connectivity index (χ1v) is 6.19. The zero-order valence-corrected chi connectivity index (χ0v) is 11.2. The molecule has 1 aromatic carbocycles. The molecule has 0 saturated heterocycles. The lowest BCUT2D eigenvalue weighted by atomic mass is 10.2. The highest BCUT2D eigenvalue weighted by Crippen LogP contribution is 2.19. The number of nitrogens with zero attached hydrogens (tertiary/aromatic N) is 1. The maximum Gasteiger partial charge on any atom is 0.337 e. The quantitative estimate of drug-likeness (QED) is 0.903. The van der Waals surface area contributed by atoms with E-state index in [-0.39, 0.29) is 10.6 Å². The van der Waals surface area contributed by atoms with Gasteiger partial charge in [-0.2, -0.15) is 0 Å². The van der Waals surface area contributed by atoms with Crippen LogP contribution in [0.1, 0.15) is 15.9 Å². The Hall–Kier alpha value is -1.78. The van der Waals surface area contributed by atoms with E-state index in [2.05, 4.69) is 10.3 Å². The molecular weight excluding hydrogens is 287 g/mol. The van der Waals surface area contributed by atoms with E-state index in [1.807, 2.05) is 18.2 Å². The Balaban J connectivity index is 2.12. The van der Waals surface area contributed by atoms with Gasteiger partial charge < -0.3 is 10.4 Å². The van der Waals surface area contributed by atoms with E-state index in [1.165, 1.54) is 12.3 Å². The van der Waals surface area contributed by atoms with Crippen LogP contribution in [0.15, 0.2) is 36.5 Å². The largest absolute Gasteiger partial charge is 0.478 e. The Kier molecular flexibility index (Phi) is 4.24. The van der Waals surface area contributed by atoms with Gasteiger partial charge in [0, 0.05) is 17.8 Å². The van der Waals surface area contributed by atoms with Gasteiger partial charge in [0.2, 0.25) is 0 Å². The van der Waals surface area contributed by atoms with Crippen LogP contribution >= 0.6 is 23.2 Å². The van der Waals surface area contributed by atoms with Gasteiger partial charge in [-0.05, 0) is 23.8 Å². The van der Waals surface area contributed by atoms with Crippen molar-refractivity contribution in [1.82, 2.24) is 4.98 Å². The summed E-state index contributed by atoms with van der Waals surface area (Å²) in [5.74, 6) is -0.639. The molecule has 2 rings (SSSR count). The number of aromatic carboxylic acids is 1.